The number of imide groups is 1. The van der Waals surface area contributed by atoms with Crippen molar-refractivity contribution in [2.45, 2.75) is 6.54 Å². The summed E-state index contributed by atoms with van der Waals surface area (Å²) in [5.41, 5.74) is 0.867. The second-order valence-corrected chi connectivity index (χ2v) is 9.06. The van der Waals surface area contributed by atoms with E-state index >= 15 is 0 Å². The number of benzene rings is 2. The number of nitro benzene ring substituents is 1. The minimum atomic E-state index is -0.525. The zero-order valence-electron chi connectivity index (χ0n) is 14.3. The number of thioether (sulfide) groups is 1. The van der Waals surface area contributed by atoms with E-state index in [1.165, 1.54) is 12.1 Å². The van der Waals surface area contributed by atoms with E-state index in [-0.39, 0.29) is 17.1 Å². The van der Waals surface area contributed by atoms with Crippen LogP contribution in [0.1, 0.15) is 11.1 Å². The van der Waals surface area contributed by atoms with Crippen LogP contribution < -0.4 is 4.74 Å². The molecule has 1 fully saturated rings. The Balaban J connectivity index is 1.93. The van der Waals surface area contributed by atoms with E-state index in [0.29, 0.717) is 16.9 Å². The molecule has 1 aliphatic heterocycles. The highest BCUT2D eigenvalue weighted by Gasteiger charge is 2.36. The molecule has 0 aliphatic carbocycles. The summed E-state index contributed by atoms with van der Waals surface area (Å²) in [6.07, 6.45) is 1.62. The maximum Gasteiger partial charge on any atom is 0.293 e. The molecule has 3 rings (SSSR count). The quantitative estimate of drug-likeness (QED) is 0.201. The predicted molar refractivity (Wildman–Crippen MR) is 123 cm³/mol. The number of rotatable bonds is 5. The first-order valence-electron chi connectivity index (χ1n) is 7.82. The van der Waals surface area contributed by atoms with Gasteiger partial charge in [0.15, 0.2) is 0 Å². The molecule has 10 heteroatoms. The molecule has 1 saturated heterocycles. The Bertz CT molecular complexity index is 1030. The highest BCUT2D eigenvalue weighted by Crippen LogP contribution is 2.37. The zero-order valence-corrected chi connectivity index (χ0v) is 19.5. The lowest BCUT2D eigenvalue weighted by Crippen LogP contribution is -2.27. The van der Waals surface area contributed by atoms with Gasteiger partial charge < -0.3 is 4.74 Å². The van der Waals surface area contributed by atoms with Crippen LogP contribution in [0.3, 0.4) is 0 Å². The van der Waals surface area contributed by atoms with E-state index in [9.17, 15) is 19.7 Å². The SMILES string of the molecule is COc1c(I)cc(I)cc1C=C1SC(=O)N(Cc2ccccc2[N+](=O)[O-])C1=O. The number of hydrogen-bond donors (Lipinski definition) is 0. The Hall–Kier alpha value is -1.67. The molecule has 2 aromatic carbocycles. The Labute approximate surface area is 191 Å². The van der Waals surface area contributed by atoms with Gasteiger partial charge in [0.1, 0.15) is 5.75 Å². The van der Waals surface area contributed by atoms with Gasteiger partial charge >= 0.3 is 0 Å². The van der Waals surface area contributed by atoms with Gasteiger partial charge in [-0.25, -0.2) is 0 Å². The van der Waals surface area contributed by atoms with Crippen molar-refractivity contribution in [3.63, 3.8) is 0 Å². The number of nitrogens with zero attached hydrogens (tertiary/aromatic N) is 2. The Kier molecular flexibility index (Phi) is 6.60. The Morgan fingerprint density at radius 2 is 1.96 bits per heavy atom. The molecule has 0 saturated carbocycles. The predicted octanol–water partition coefficient (Wildman–Crippen LogP) is 5.05. The van der Waals surface area contributed by atoms with Crippen LogP contribution in [-0.4, -0.2) is 28.1 Å². The first kappa shape index (κ1) is 21.0. The molecule has 0 aromatic heterocycles. The number of para-hydroxylation sites is 1. The zero-order chi connectivity index (χ0) is 20.4. The maximum absolute atomic E-state index is 12.8. The molecule has 144 valence electrons. The van der Waals surface area contributed by atoms with Gasteiger partial charge in [-0.15, -0.1) is 0 Å². The third kappa shape index (κ3) is 4.33. The standard InChI is InChI=1S/C18H12I2N2O5S/c1-27-16-11(6-12(19)8-13(16)20)7-15-17(23)21(18(24)28-15)9-10-4-2-3-5-14(10)22(25)26/h2-8H,9H2,1H3. The summed E-state index contributed by atoms with van der Waals surface area (Å²) >= 11 is 5.12. The Morgan fingerprint density at radius 1 is 1.25 bits per heavy atom. The average molecular weight is 622 g/mol. The van der Waals surface area contributed by atoms with Crippen molar-refractivity contribution in [1.29, 1.82) is 0 Å². The van der Waals surface area contributed by atoms with Crippen LogP contribution in [0.2, 0.25) is 0 Å². The fourth-order valence-electron chi connectivity index (χ4n) is 2.67. The maximum atomic E-state index is 12.8. The number of carbonyl (C=O) groups excluding carboxylic acids is 2. The fourth-order valence-corrected chi connectivity index (χ4v) is 5.61. The summed E-state index contributed by atoms with van der Waals surface area (Å²) in [5, 5.41) is 10.7. The smallest absolute Gasteiger partial charge is 0.293 e. The summed E-state index contributed by atoms with van der Waals surface area (Å²) in [6, 6.07) is 9.87. The first-order chi connectivity index (χ1) is 13.3. The molecule has 0 radical (unpaired) electrons. The van der Waals surface area contributed by atoms with E-state index in [1.807, 2.05) is 12.1 Å². The summed E-state index contributed by atoms with van der Waals surface area (Å²) in [7, 11) is 1.54. The highest BCUT2D eigenvalue weighted by atomic mass is 127. The first-order valence-corrected chi connectivity index (χ1v) is 10.8. The van der Waals surface area contributed by atoms with Crippen LogP contribution in [0.25, 0.3) is 6.08 Å². The van der Waals surface area contributed by atoms with Crippen LogP contribution in [0.4, 0.5) is 10.5 Å². The van der Waals surface area contributed by atoms with E-state index in [4.69, 9.17) is 4.74 Å². The Morgan fingerprint density at radius 3 is 2.64 bits per heavy atom. The number of ether oxygens (including phenoxy) is 1. The molecule has 1 heterocycles. The largest absolute Gasteiger partial charge is 0.495 e. The van der Waals surface area contributed by atoms with Crippen molar-refractivity contribution in [2.24, 2.45) is 0 Å². The van der Waals surface area contributed by atoms with E-state index in [1.54, 1.807) is 25.3 Å². The van der Waals surface area contributed by atoms with Gasteiger partial charge in [0, 0.05) is 20.8 Å². The van der Waals surface area contributed by atoms with Gasteiger partial charge in [-0.1, -0.05) is 18.2 Å². The normalized spacial score (nSPS) is 15.4. The van der Waals surface area contributed by atoms with Crippen LogP contribution in [-0.2, 0) is 11.3 Å². The van der Waals surface area contributed by atoms with Crippen molar-refractivity contribution in [2.75, 3.05) is 7.11 Å². The third-order valence-electron chi connectivity index (χ3n) is 3.92. The van der Waals surface area contributed by atoms with E-state index in [0.717, 1.165) is 23.8 Å². The van der Waals surface area contributed by atoms with Crippen molar-refractivity contribution in [1.82, 2.24) is 4.90 Å². The molecule has 28 heavy (non-hydrogen) atoms. The molecule has 2 aromatic rings. The molecule has 0 N–H and O–H groups in total. The number of nitro groups is 1. The molecular formula is C18H12I2N2O5S. The summed E-state index contributed by atoms with van der Waals surface area (Å²) in [6.45, 7) is -0.153. The number of hydrogen-bond acceptors (Lipinski definition) is 6. The lowest BCUT2D eigenvalue weighted by Gasteiger charge is -2.12. The van der Waals surface area contributed by atoms with Crippen LogP contribution in [0.15, 0.2) is 41.3 Å². The lowest BCUT2D eigenvalue weighted by atomic mass is 10.1. The van der Waals surface area contributed by atoms with Crippen molar-refractivity contribution in [3.05, 3.63) is 69.7 Å². The van der Waals surface area contributed by atoms with E-state index < -0.39 is 16.1 Å². The van der Waals surface area contributed by atoms with Crippen molar-refractivity contribution in [3.8, 4) is 5.75 Å². The molecule has 0 bridgehead atoms. The third-order valence-corrected chi connectivity index (χ3v) is 6.25. The van der Waals surface area contributed by atoms with Crippen LogP contribution in [0.5, 0.6) is 5.75 Å². The second-order valence-electron chi connectivity index (χ2n) is 5.66. The van der Waals surface area contributed by atoms with Gasteiger partial charge in [-0.2, -0.15) is 0 Å². The monoisotopic (exact) mass is 622 g/mol. The number of methoxy groups -OCH3 is 1. The van der Waals surface area contributed by atoms with E-state index in [2.05, 4.69) is 45.2 Å². The molecule has 0 atom stereocenters. The molecule has 1 aliphatic rings. The number of carbonyl (C=O) groups is 2. The minimum Gasteiger partial charge on any atom is -0.495 e. The summed E-state index contributed by atoms with van der Waals surface area (Å²) in [4.78, 5) is 37.1. The topological polar surface area (TPSA) is 89.8 Å². The number of amides is 2. The fraction of sp³-hybridized carbons (Fsp3) is 0.111. The molecule has 0 spiro atoms. The van der Waals surface area contributed by atoms with Gasteiger partial charge in [-0.3, -0.25) is 24.6 Å². The number of halogens is 2. The lowest BCUT2D eigenvalue weighted by molar-refractivity contribution is -0.385. The molecule has 0 unspecified atom stereocenters. The van der Waals surface area contributed by atoms with Gasteiger partial charge in [0.2, 0.25) is 0 Å². The van der Waals surface area contributed by atoms with Gasteiger partial charge in [-0.05, 0) is 75.2 Å². The highest BCUT2D eigenvalue weighted by molar-refractivity contribution is 14.1. The summed E-state index contributed by atoms with van der Waals surface area (Å²) < 4.78 is 7.27. The molecule has 2 amide bonds. The van der Waals surface area contributed by atoms with Gasteiger partial charge in [0.25, 0.3) is 16.8 Å². The van der Waals surface area contributed by atoms with Crippen LogP contribution >= 0.6 is 56.9 Å². The minimum absolute atomic E-state index is 0.126. The van der Waals surface area contributed by atoms with Crippen LogP contribution in [0, 0.1) is 17.3 Å². The van der Waals surface area contributed by atoms with Crippen molar-refractivity contribution < 1.29 is 19.2 Å². The second kappa shape index (κ2) is 8.78. The molecule has 7 nitrogen and oxygen atoms in total. The van der Waals surface area contributed by atoms with Gasteiger partial charge in [0.05, 0.1) is 27.1 Å². The van der Waals surface area contributed by atoms with Crippen molar-refractivity contribution >= 4 is 79.9 Å². The molecular weight excluding hydrogens is 610 g/mol. The summed E-state index contributed by atoms with van der Waals surface area (Å²) in [5.74, 6) is 0.135. The average Bonchev–Trinajstić information content (AvgIpc) is 2.89.